The van der Waals surface area contributed by atoms with Crippen LogP contribution in [0.4, 0.5) is 8.78 Å². The van der Waals surface area contributed by atoms with E-state index in [2.05, 4.69) is 4.98 Å². The number of rotatable bonds is 6. The Morgan fingerprint density at radius 2 is 2.00 bits per heavy atom. The molecule has 8 nitrogen and oxygen atoms in total. The quantitative estimate of drug-likeness (QED) is 0.455. The first-order chi connectivity index (χ1) is 15.7. The number of hydrogen-bond acceptors (Lipinski definition) is 7. The summed E-state index contributed by atoms with van der Waals surface area (Å²) in [6.45, 7) is -1.04. The number of benzene rings is 2. The number of halogens is 2. The van der Waals surface area contributed by atoms with Gasteiger partial charge in [0.15, 0.2) is 6.23 Å². The number of ether oxygens (including phenoxy) is 2. The number of methoxy groups -OCH3 is 1. The zero-order valence-corrected chi connectivity index (χ0v) is 17.4. The number of amides is 1. The van der Waals surface area contributed by atoms with E-state index < -0.39 is 31.1 Å². The summed E-state index contributed by atoms with van der Waals surface area (Å²) >= 11 is 0. The summed E-state index contributed by atoms with van der Waals surface area (Å²) in [5.74, 6) is -2.05. The second-order valence-corrected chi connectivity index (χ2v) is 7.83. The van der Waals surface area contributed by atoms with Crippen LogP contribution in [0.2, 0.25) is 0 Å². The van der Waals surface area contributed by atoms with Gasteiger partial charge >= 0.3 is 0 Å². The van der Waals surface area contributed by atoms with Crippen LogP contribution in [0.15, 0.2) is 53.1 Å². The SMILES string of the molecule is COc1cc2nccc(Oc3ccc4oc(C(O)N5CC(F)(F)C5)cc4c3)c2cc1C(N)=O. The summed E-state index contributed by atoms with van der Waals surface area (Å²) in [6.07, 6.45) is 0.307. The Morgan fingerprint density at radius 3 is 2.70 bits per heavy atom. The van der Waals surface area contributed by atoms with Crippen LogP contribution in [0.3, 0.4) is 0 Å². The van der Waals surface area contributed by atoms with Crippen molar-refractivity contribution in [1.29, 1.82) is 0 Å². The maximum atomic E-state index is 13.1. The van der Waals surface area contributed by atoms with Crippen LogP contribution in [-0.4, -0.2) is 47.0 Å². The van der Waals surface area contributed by atoms with Gasteiger partial charge in [-0.25, -0.2) is 8.78 Å². The molecule has 33 heavy (non-hydrogen) atoms. The number of likely N-dealkylation sites (tertiary alicyclic amines) is 1. The molecule has 2 aromatic heterocycles. The standard InChI is InChI=1S/C23H19F2N3O5/c1-31-19-9-16-14(8-15(19)21(26)29)18(4-5-27-16)32-13-2-3-17-12(6-13)7-20(33-17)22(30)28-10-23(24,25)11-28/h2-9,22,30H,10-11H2,1H3,(H2,26,29). The van der Waals surface area contributed by atoms with Crippen molar-refractivity contribution in [1.82, 2.24) is 9.88 Å². The van der Waals surface area contributed by atoms with Gasteiger partial charge in [-0.05, 0) is 36.4 Å². The number of fused-ring (bicyclic) bond motifs is 2. The molecule has 3 heterocycles. The number of alkyl halides is 2. The number of nitrogens with zero attached hydrogens (tertiary/aromatic N) is 2. The first kappa shape index (κ1) is 21.1. The lowest BCUT2D eigenvalue weighted by Gasteiger charge is -2.40. The van der Waals surface area contributed by atoms with Crippen LogP contribution in [-0.2, 0) is 0 Å². The largest absolute Gasteiger partial charge is 0.496 e. The number of carbonyl (C=O) groups is 1. The summed E-state index contributed by atoms with van der Waals surface area (Å²) in [5, 5.41) is 11.5. The molecular weight excluding hydrogens is 436 g/mol. The van der Waals surface area contributed by atoms with Gasteiger partial charge < -0.3 is 24.7 Å². The molecule has 0 radical (unpaired) electrons. The fraction of sp³-hybridized carbons (Fsp3) is 0.217. The number of aliphatic hydroxyl groups excluding tert-OH is 1. The summed E-state index contributed by atoms with van der Waals surface area (Å²) < 4.78 is 43.1. The van der Waals surface area contributed by atoms with E-state index in [-0.39, 0.29) is 11.3 Å². The molecule has 2 aromatic carbocycles. The molecule has 10 heteroatoms. The van der Waals surface area contributed by atoms with Gasteiger partial charge in [-0.2, -0.15) is 0 Å². The van der Waals surface area contributed by atoms with Crippen molar-refractivity contribution in [2.45, 2.75) is 12.2 Å². The molecule has 4 aromatic rings. The van der Waals surface area contributed by atoms with E-state index in [1.165, 1.54) is 12.0 Å². The van der Waals surface area contributed by atoms with E-state index in [9.17, 15) is 18.7 Å². The fourth-order valence-electron chi connectivity index (χ4n) is 3.86. The summed E-state index contributed by atoms with van der Waals surface area (Å²) in [4.78, 5) is 17.3. The van der Waals surface area contributed by atoms with Gasteiger partial charge in [0.05, 0.1) is 31.3 Å². The van der Waals surface area contributed by atoms with Crippen molar-refractivity contribution < 1.29 is 32.6 Å². The number of furan rings is 1. The molecule has 0 saturated carbocycles. The highest BCUT2D eigenvalue weighted by Gasteiger charge is 2.47. The van der Waals surface area contributed by atoms with Crippen molar-refractivity contribution in [3.05, 3.63) is 60.0 Å². The number of aliphatic hydroxyl groups is 1. The molecule has 1 aliphatic heterocycles. The Balaban J connectivity index is 1.45. The highest BCUT2D eigenvalue weighted by atomic mass is 19.3. The van der Waals surface area contributed by atoms with Gasteiger partial charge in [-0.1, -0.05) is 0 Å². The first-order valence-corrected chi connectivity index (χ1v) is 10.0. The zero-order chi connectivity index (χ0) is 23.3. The highest BCUT2D eigenvalue weighted by molar-refractivity contribution is 6.01. The molecule has 1 amide bonds. The fourth-order valence-corrected chi connectivity index (χ4v) is 3.86. The Morgan fingerprint density at radius 1 is 1.21 bits per heavy atom. The number of pyridine rings is 1. The third-order valence-corrected chi connectivity index (χ3v) is 5.49. The molecule has 170 valence electrons. The van der Waals surface area contributed by atoms with Crippen molar-refractivity contribution in [2.24, 2.45) is 5.73 Å². The number of nitrogens with two attached hydrogens (primary N) is 1. The Hall–Kier alpha value is -3.76. The number of aromatic nitrogens is 1. The second-order valence-electron chi connectivity index (χ2n) is 7.83. The van der Waals surface area contributed by atoms with E-state index in [0.29, 0.717) is 39.1 Å². The van der Waals surface area contributed by atoms with Crippen LogP contribution in [0, 0.1) is 0 Å². The van der Waals surface area contributed by atoms with Crippen molar-refractivity contribution >= 4 is 27.8 Å². The molecule has 1 atom stereocenters. The normalized spacial score (nSPS) is 16.5. The highest BCUT2D eigenvalue weighted by Crippen LogP contribution is 2.37. The minimum Gasteiger partial charge on any atom is -0.496 e. The predicted octanol–water partition coefficient (Wildman–Crippen LogP) is 3.82. The van der Waals surface area contributed by atoms with Crippen molar-refractivity contribution in [2.75, 3.05) is 20.2 Å². The van der Waals surface area contributed by atoms with E-state index in [1.807, 2.05) is 0 Å². The smallest absolute Gasteiger partial charge is 0.273 e. The number of primary amides is 1. The third kappa shape index (κ3) is 3.83. The van der Waals surface area contributed by atoms with Gasteiger partial charge in [0.25, 0.3) is 11.8 Å². The Labute approximate surface area is 186 Å². The summed E-state index contributed by atoms with van der Waals surface area (Å²) in [7, 11) is 1.44. The minimum atomic E-state index is -2.79. The van der Waals surface area contributed by atoms with Crippen LogP contribution in [0.1, 0.15) is 22.3 Å². The number of carbonyl (C=O) groups excluding carboxylic acids is 1. The lowest BCUT2D eigenvalue weighted by molar-refractivity contribution is -0.189. The van der Waals surface area contributed by atoms with E-state index in [0.717, 1.165) is 0 Å². The molecule has 3 N–H and O–H groups in total. The van der Waals surface area contributed by atoms with Gasteiger partial charge in [0.2, 0.25) is 0 Å². The lowest BCUT2D eigenvalue weighted by atomic mass is 10.1. The van der Waals surface area contributed by atoms with E-state index in [1.54, 1.807) is 48.7 Å². The van der Waals surface area contributed by atoms with E-state index >= 15 is 0 Å². The predicted molar refractivity (Wildman–Crippen MR) is 115 cm³/mol. The van der Waals surface area contributed by atoms with Crippen LogP contribution >= 0.6 is 0 Å². The minimum absolute atomic E-state index is 0.171. The molecule has 0 bridgehead atoms. The topological polar surface area (TPSA) is 111 Å². The average molecular weight is 455 g/mol. The molecule has 1 unspecified atom stereocenters. The van der Waals surface area contributed by atoms with Gasteiger partial charge in [0.1, 0.15) is 28.6 Å². The molecule has 0 aliphatic carbocycles. The summed E-state index contributed by atoms with van der Waals surface area (Å²) in [5.41, 5.74) is 6.69. The molecule has 1 saturated heterocycles. The van der Waals surface area contributed by atoms with Crippen LogP contribution < -0.4 is 15.2 Å². The molecule has 1 fully saturated rings. The molecule has 5 rings (SSSR count). The molecule has 1 aliphatic rings. The third-order valence-electron chi connectivity index (χ3n) is 5.49. The Bertz CT molecular complexity index is 1380. The maximum Gasteiger partial charge on any atom is 0.273 e. The summed E-state index contributed by atoms with van der Waals surface area (Å²) in [6, 6.07) is 11.4. The monoisotopic (exact) mass is 455 g/mol. The molecular formula is C23H19F2N3O5. The lowest BCUT2D eigenvalue weighted by Crippen LogP contribution is -2.57. The van der Waals surface area contributed by atoms with Crippen molar-refractivity contribution in [3.8, 4) is 17.2 Å². The number of hydrogen-bond donors (Lipinski definition) is 2. The van der Waals surface area contributed by atoms with E-state index in [4.69, 9.17) is 19.6 Å². The zero-order valence-electron chi connectivity index (χ0n) is 17.4. The van der Waals surface area contributed by atoms with Crippen LogP contribution in [0.5, 0.6) is 17.2 Å². The van der Waals surface area contributed by atoms with Gasteiger partial charge in [-0.3, -0.25) is 14.7 Å². The van der Waals surface area contributed by atoms with Crippen molar-refractivity contribution in [3.63, 3.8) is 0 Å². The van der Waals surface area contributed by atoms with Gasteiger partial charge in [0, 0.05) is 23.0 Å². The van der Waals surface area contributed by atoms with Gasteiger partial charge in [-0.15, -0.1) is 0 Å². The maximum absolute atomic E-state index is 13.1. The Kier molecular flexibility index (Phi) is 4.91. The average Bonchev–Trinajstić information content (AvgIpc) is 3.19. The second kappa shape index (κ2) is 7.68. The molecule has 0 spiro atoms. The van der Waals surface area contributed by atoms with Crippen LogP contribution in [0.25, 0.3) is 21.9 Å². The first-order valence-electron chi connectivity index (χ1n) is 10.0.